The number of hydrogen-bond donors (Lipinski definition) is 0. The minimum Gasteiger partial charge on any atom is -0.491 e. The fourth-order valence-electron chi connectivity index (χ4n) is 6.08. The summed E-state index contributed by atoms with van der Waals surface area (Å²) in [4.78, 5) is 4.82. The molecule has 4 heteroatoms. The van der Waals surface area contributed by atoms with Crippen molar-refractivity contribution in [1.29, 1.82) is 0 Å². The Morgan fingerprint density at radius 1 is 0.973 bits per heavy atom. The highest BCUT2D eigenvalue weighted by Gasteiger charge is 2.25. The molecular formula is C33H43F2NO. The summed E-state index contributed by atoms with van der Waals surface area (Å²) in [6, 6.07) is 7.77. The minimum atomic E-state index is -0.871. The third-order valence-corrected chi connectivity index (χ3v) is 8.38. The van der Waals surface area contributed by atoms with Crippen molar-refractivity contribution in [1.82, 2.24) is 4.98 Å². The van der Waals surface area contributed by atoms with Crippen molar-refractivity contribution in [3.63, 3.8) is 0 Å². The lowest BCUT2D eigenvalue weighted by atomic mass is 9.76. The number of aromatic nitrogens is 1. The molecule has 2 aliphatic carbocycles. The Morgan fingerprint density at radius 3 is 2.46 bits per heavy atom. The maximum absolute atomic E-state index is 14.6. The minimum absolute atomic E-state index is 0.00350. The number of hydrogen-bond acceptors (Lipinski definition) is 2. The highest BCUT2D eigenvalue weighted by Crippen LogP contribution is 2.40. The molecule has 1 unspecified atom stereocenters. The maximum Gasteiger partial charge on any atom is 0.201 e. The Balaban J connectivity index is 1.19. The normalized spacial score (nSPS) is 22.3. The summed E-state index contributed by atoms with van der Waals surface area (Å²) in [5.74, 6) is 0.420. The highest BCUT2D eigenvalue weighted by molar-refractivity contribution is 5.67. The molecule has 0 amide bonds. The smallest absolute Gasteiger partial charge is 0.201 e. The van der Waals surface area contributed by atoms with E-state index >= 15 is 0 Å². The Bertz CT molecular complexity index is 1050. The predicted molar refractivity (Wildman–Crippen MR) is 149 cm³/mol. The Hall–Kier alpha value is -2.49. The molecule has 1 aromatic heterocycles. The van der Waals surface area contributed by atoms with E-state index in [0.29, 0.717) is 24.0 Å². The molecule has 0 aliphatic heterocycles. The molecule has 1 aromatic carbocycles. The van der Waals surface area contributed by atoms with Crippen molar-refractivity contribution in [2.75, 3.05) is 6.61 Å². The van der Waals surface area contributed by atoms with Crippen LogP contribution >= 0.6 is 0 Å². The average molecular weight is 508 g/mol. The lowest BCUT2D eigenvalue weighted by molar-refractivity contribution is 0.280. The second kappa shape index (κ2) is 13.9. The van der Waals surface area contributed by atoms with Gasteiger partial charge in [0.25, 0.3) is 0 Å². The molecule has 4 rings (SSSR count). The van der Waals surface area contributed by atoms with Crippen molar-refractivity contribution in [2.24, 2.45) is 11.8 Å². The zero-order valence-corrected chi connectivity index (χ0v) is 22.7. The Kier molecular flexibility index (Phi) is 10.3. The fourth-order valence-corrected chi connectivity index (χ4v) is 6.08. The number of benzene rings is 1. The molecule has 0 bridgehead atoms. The first-order valence-corrected chi connectivity index (χ1v) is 14.4. The molecule has 1 saturated carbocycles. The van der Waals surface area contributed by atoms with Crippen LogP contribution in [0.4, 0.5) is 8.78 Å². The van der Waals surface area contributed by atoms with Crippen LogP contribution in [0.1, 0.15) is 107 Å². The van der Waals surface area contributed by atoms with Gasteiger partial charge in [0, 0.05) is 23.4 Å². The first-order chi connectivity index (χ1) is 18.1. The van der Waals surface area contributed by atoms with Gasteiger partial charge in [-0.05, 0) is 126 Å². The lowest BCUT2D eigenvalue weighted by Crippen LogP contribution is -2.16. The summed E-state index contributed by atoms with van der Waals surface area (Å²) < 4.78 is 34.1. The fraction of sp³-hybridized carbons (Fsp3) is 0.545. The van der Waals surface area contributed by atoms with E-state index in [9.17, 15) is 8.78 Å². The molecule has 0 spiro atoms. The number of ether oxygens (including phenoxy) is 1. The van der Waals surface area contributed by atoms with Gasteiger partial charge in [0.05, 0.1) is 6.61 Å². The van der Waals surface area contributed by atoms with Crippen molar-refractivity contribution < 1.29 is 13.5 Å². The van der Waals surface area contributed by atoms with Crippen molar-refractivity contribution in [2.45, 2.75) is 96.8 Å². The van der Waals surface area contributed by atoms with Gasteiger partial charge in [-0.3, -0.25) is 4.98 Å². The number of pyridine rings is 1. The zero-order valence-electron chi connectivity index (χ0n) is 22.7. The van der Waals surface area contributed by atoms with Gasteiger partial charge in [-0.1, -0.05) is 30.7 Å². The molecule has 1 atom stereocenters. The van der Waals surface area contributed by atoms with Crippen LogP contribution in [0.5, 0.6) is 5.75 Å². The van der Waals surface area contributed by atoms with Crippen LogP contribution in [0.2, 0.25) is 0 Å². The van der Waals surface area contributed by atoms with Gasteiger partial charge in [0.1, 0.15) is 0 Å². The van der Waals surface area contributed by atoms with E-state index in [0.717, 1.165) is 43.6 Å². The molecular weight excluding hydrogens is 464 g/mol. The Morgan fingerprint density at radius 2 is 1.78 bits per heavy atom. The largest absolute Gasteiger partial charge is 0.491 e. The molecule has 0 N–H and O–H groups in total. The van der Waals surface area contributed by atoms with E-state index < -0.39 is 11.6 Å². The standard InChI is InChI=1S/C33H43F2NO/c1-3-5-6-7-8-26-15-21-30(36-23-26)28-18-13-25(14-19-28)10-9-24-11-16-27(17-12-24)29-20-22-31(37-4-2)33(35)32(29)34/h3,5,15-16,20-25,28H,4,6-14,17-19H2,1-2H3. The van der Waals surface area contributed by atoms with Crippen molar-refractivity contribution >= 4 is 5.57 Å². The number of unbranched alkanes of at least 4 members (excludes halogenated alkanes) is 1. The van der Waals surface area contributed by atoms with Gasteiger partial charge in [-0.25, -0.2) is 4.39 Å². The zero-order chi connectivity index (χ0) is 26.0. The first kappa shape index (κ1) is 27.5. The second-order valence-corrected chi connectivity index (χ2v) is 10.9. The summed E-state index contributed by atoms with van der Waals surface area (Å²) in [5, 5.41) is 0. The summed E-state index contributed by atoms with van der Waals surface area (Å²) >= 11 is 0. The van der Waals surface area contributed by atoms with Crippen LogP contribution in [-0.4, -0.2) is 11.6 Å². The van der Waals surface area contributed by atoms with Crippen molar-refractivity contribution in [3.8, 4) is 5.75 Å². The second-order valence-electron chi connectivity index (χ2n) is 10.9. The molecule has 0 saturated heterocycles. The van der Waals surface area contributed by atoms with Gasteiger partial charge >= 0.3 is 0 Å². The average Bonchev–Trinajstić information content (AvgIpc) is 2.94. The van der Waals surface area contributed by atoms with Crippen molar-refractivity contribution in [3.05, 3.63) is 77.1 Å². The third kappa shape index (κ3) is 7.52. The van der Waals surface area contributed by atoms with Crippen LogP contribution in [-0.2, 0) is 6.42 Å². The topological polar surface area (TPSA) is 22.1 Å². The van der Waals surface area contributed by atoms with E-state index in [1.807, 2.05) is 0 Å². The summed E-state index contributed by atoms with van der Waals surface area (Å²) in [6.45, 7) is 4.17. The van der Waals surface area contributed by atoms with Gasteiger partial charge in [0.2, 0.25) is 5.82 Å². The molecule has 2 nitrogen and oxygen atoms in total. The van der Waals surface area contributed by atoms with E-state index in [1.165, 1.54) is 56.2 Å². The molecule has 2 aliphatic rings. The van der Waals surface area contributed by atoms with E-state index in [4.69, 9.17) is 9.72 Å². The number of rotatable bonds is 11. The Labute approximate surface area is 222 Å². The van der Waals surface area contributed by atoms with Crippen LogP contribution in [0.15, 0.2) is 48.7 Å². The van der Waals surface area contributed by atoms with Crippen LogP contribution in [0.25, 0.3) is 5.57 Å². The number of aryl methyl sites for hydroxylation is 1. The molecule has 1 heterocycles. The maximum atomic E-state index is 14.6. The van der Waals surface area contributed by atoms with E-state index in [-0.39, 0.29) is 5.75 Å². The lowest BCUT2D eigenvalue weighted by Gasteiger charge is -2.30. The third-order valence-electron chi connectivity index (χ3n) is 8.38. The quantitative estimate of drug-likeness (QED) is 0.223. The molecule has 2 aromatic rings. The number of allylic oxidation sites excluding steroid dienone is 4. The molecule has 1 fully saturated rings. The monoisotopic (exact) mass is 507 g/mol. The predicted octanol–water partition coefficient (Wildman–Crippen LogP) is 9.59. The summed E-state index contributed by atoms with van der Waals surface area (Å²) in [6.07, 6.45) is 22.4. The summed E-state index contributed by atoms with van der Waals surface area (Å²) in [5.41, 5.74) is 3.96. The highest BCUT2D eigenvalue weighted by atomic mass is 19.2. The molecule has 0 radical (unpaired) electrons. The van der Waals surface area contributed by atoms with Crippen LogP contribution in [0, 0.1) is 23.5 Å². The van der Waals surface area contributed by atoms with E-state index in [1.54, 1.807) is 19.1 Å². The number of nitrogens with zero attached hydrogens (tertiary/aromatic N) is 1. The SMILES string of the molecule is CC=CCCCc1ccc(C2CCC(CCC3CC=C(c4ccc(OCC)c(F)c4F)CC3)CC2)nc1. The van der Waals surface area contributed by atoms with E-state index in [2.05, 4.69) is 43.5 Å². The van der Waals surface area contributed by atoms with Gasteiger partial charge in [0.15, 0.2) is 11.6 Å². The molecule has 200 valence electrons. The van der Waals surface area contributed by atoms with Gasteiger partial charge in [-0.15, -0.1) is 0 Å². The van der Waals surface area contributed by atoms with Crippen LogP contribution < -0.4 is 4.74 Å². The number of halogens is 2. The van der Waals surface area contributed by atoms with Gasteiger partial charge in [-0.2, -0.15) is 4.39 Å². The van der Waals surface area contributed by atoms with Crippen LogP contribution in [0.3, 0.4) is 0 Å². The first-order valence-electron chi connectivity index (χ1n) is 14.4. The van der Waals surface area contributed by atoms with Gasteiger partial charge < -0.3 is 4.74 Å². The molecule has 37 heavy (non-hydrogen) atoms. The summed E-state index contributed by atoms with van der Waals surface area (Å²) in [7, 11) is 0.